The van der Waals surface area contributed by atoms with Gasteiger partial charge in [-0.15, -0.1) is 0 Å². The molecular weight excluding hydrogens is 156 g/mol. The molecule has 0 aromatic carbocycles. The van der Waals surface area contributed by atoms with Crippen molar-refractivity contribution in [3.05, 3.63) is 0 Å². The van der Waals surface area contributed by atoms with Gasteiger partial charge in [-0.3, -0.25) is 5.26 Å². The van der Waals surface area contributed by atoms with Crippen LogP contribution in [0.25, 0.3) is 0 Å². The molecule has 0 aromatic rings. The standard InChI is InChI=1S/C5H12O6/c6-1-3(7)5(9)4(8)2-11-10/h3-10H,1-2H2/t3-,4+,5?/m0/s1. The SMILES string of the molecule is OC[C@H](O)C(O)[C@H](O)COO. The largest absolute Gasteiger partial charge is 0.394 e. The molecule has 0 heterocycles. The zero-order valence-electron chi connectivity index (χ0n) is 5.79. The van der Waals surface area contributed by atoms with Crippen molar-refractivity contribution in [3.63, 3.8) is 0 Å². The second-order valence-corrected chi connectivity index (χ2v) is 2.10. The summed E-state index contributed by atoms with van der Waals surface area (Å²) in [4.78, 5) is 3.52. The lowest BCUT2D eigenvalue weighted by Gasteiger charge is -2.19. The second-order valence-electron chi connectivity index (χ2n) is 2.10. The van der Waals surface area contributed by atoms with Gasteiger partial charge in [0, 0.05) is 0 Å². The van der Waals surface area contributed by atoms with E-state index in [0.29, 0.717) is 0 Å². The molecule has 0 amide bonds. The molecule has 3 atom stereocenters. The molecule has 0 spiro atoms. The summed E-state index contributed by atoms with van der Waals surface area (Å²) in [6.45, 7) is -1.18. The third-order valence-corrected chi connectivity index (χ3v) is 1.22. The van der Waals surface area contributed by atoms with E-state index in [9.17, 15) is 0 Å². The number of aliphatic hydroxyl groups excluding tert-OH is 4. The third-order valence-electron chi connectivity index (χ3n) is 1.22. The third kappa shape index (κ3) is 3.61. The van der Waals surface area contributed by atoms with E-state index in [1.807, 2.05) is 0 Å². The quantitative estimate of drug-likeness (QED) is 0.230. The van der Waals surface area contributed by atoms with Crippen LogP contribution in [-0.2, 0) is 4.89 Å². The van der Waals surface area contributed by atoms with Gasteiger partial charge in [0.2, 0.25) is 0 Å². The van der Waals surface area contributed by atoms with Crippen molar-refractivity contribution in [2.24, 2.45) is 0 Å². The van der Waals surface area contributed by atoms with Crippen molar-refractivity contribution in [1.29, 1.82) is 0 Å². The molecule has 0 aliphatic carbocycles. The topological polar surface area (TPSA) is 110 Å². The Morgan fingerprint density at radius 3 is 2.00 bits per heavy atom. The molecule has 0 saturated carbocycles. The van der Waals surface area contributed by atoms with E-state index < -0.39 is 31.5 Å². The summed E-state index contributed by atoms with van der Waals surface area (Å²) in [6, 6.07) is 0. The highest BCUT2D eigenvalue weighted by Gasteiger charge is 2.23. The summed E-state index contributed by atoms with van der Waals surface area (Å²) < 4.78 is 0. The Labute approximate surface area is 63.2 Å². The van der Waals surface area contributed by atoms with Crippen LogP contribution in [0.1, 0.15) is 0 Å². The summed E-state index contributed by atoms with van der Waals surface area (Å²) >= 11 is 0. The van der Waals surface area contributed by atoms with Crippen molar-refractivity contribution < 1.29 is 30.6 Å². The smallest absolute Gasteiger partial charge is 0.110 e. The lowest BCUT2D eigenvalue weighted by molar-refractivity contribution is -0.266. The van der Waals surface area contributed by atoms with Crippen molar-refractivity contribution in [3.8, 4) is 0 Å². The molecule has 0 aliphatic heterocycles. The summed E-state index contributed by atoms with van der Waals surface area (Å²) in [6.07, 6.45) is -4.37. The van der Waals surface area contributed by atoms with Crippen molar-refractivity contribution in [2.45, 2.75) is 18.3 Å². The average molecular weight is 168 g/mol. The van der Waals surface area contributed by atoms with Crippen LogP contribution in [0.15, 0.2) is 0 Å². The lowest BCUT2D eigenvalue weighted by Crippen LogP contribution is -2.41. The zero-order chi connectivity index (χ0) is 8.85. The molecule has 0 aliphatic rings. The van der Waals surface area contributed by atoms with Gasteiger partial charge in [-0.2, -0.15) is 0 Å². The number of rotatable bonds is 5. The Balaban J connectivity index is 3.70. The van der Waals surface area contributed by atoms with Gasteiger partial charge in [0.15, 0.2) is 0 Å². The summed E-state index contributed by atoms with van der Waals surface area (Å²) in [5.41, 5.74) is 0. The van der Waals surface area contributed by atoms with Gasteiger partial charge >= 0.3 is 0 Å². The first-order valence-corrected chi connectivity index (χ1v) is 3.05. The Kier molecular flexibility index (Phi) is 5.30. The van der Waals surface area contributed by atoms with Gasteiger partial charge in [-0.25, -0.2) is 4.89 Å². The lowest BCUT2D eigenvalue weighted by atomic mass is 10.1. The van der Waals surface area contributed by atoms with Crippen LogP contribution >= 0.6 is 0 Å². The Morgan fingerprint density at radius 2 is 1.64 bits per heavy atom. The molecule has 6 heteroatoms. The maximum absolute atomic E-state index is 8.87. The van der Waals surface area contributed by atoms with Crippen LogP contribution in [0.5, 0.6) is 0 Å². The molecule has 68 valence electrons. The molecule has 0 saturated heterocycles. The summed E-state index contributed by atoms with van der Waals surface area (Å²) in [7, 11) is 0. The van der Waals surface area contributed by atoms with Gasteiger partial charge in [0.25, 0.3) is 0 Å². The van der Waals surface area contributed by atoms with Gasteiger partial charge in [-0.1, -0.05) is 0 Å². The van der Waals surface area contributed by atoms with Crippen LogP contribution in [0.3, 0.4) is 0 Å². The maximum atomic E-state index is 8.87. The Morgan fingerprint density at radius 1 is 1.09 bits per heavy atom. The molecule has 0 aromatic heterocycles. The first kappa shape index (κ1) is 10.8. The van der Waals surface area contributed by atoms with Crippen LogP contribution < -0.4 is 0 Å². The monoisotopic (exact) mass is 168 g/mol. The fourth-order valence-electron chi connectivity index (χ4n) is 0.539. The first-order chi connectivity index (χ1) is 5.13. The zero-order valence-corrected chi connectivity index (χ0v) is 5.79. The van der Waals surface area contributed by atoms with Crippen LogP contribution in [0, 0.1) is 0 Å². The van der Waals surface area contributed by atoms with Crippen molar-refractivity contribution >= 4 is 0 Å². The molecule has 6 nitrogen and oxygen atoms in total. The van der Waals surface area contributed by atoms with Gasteiger partial charge in [-0.05, 0) is 0 Å². The van der Waals surface area contributed by atoms with Crippen molar-refractivity contribution in [2.75, 3.05) is 13.2 Å². The fourth-order valence-corrected chi connectivity index (χ4v) is 0.539. The molecule has 0 fully saturated rings. The summed E-state index contributed by atoms with van der Waals surface area (Å²) in [5.74, 6) is 0. The van der Waals surface area contributed by atoms with Gasteiger partial charge in [0.1, 0.15) is 24.9 Å². The van der Waals surface area contributed by atoms with E-state index >= 15 is 0 Å². The Hall–Kier alpha value is -0.240. The summed E-state index contributed by atoms with van der Waals surface area (Å²) in [5, 5.41) is 42.5. The second kappa shape index (κ2) is 5.42. The van der Waals surface area contributed by atoms with E-state index in [4.69, 9.17) is 25.7 Å². The molecule has 11 heavy (non-hydrogen) atoms. The minimum atomic E-state index is -1.52. The molecule has 1 unspecified atom stereocenters. The van der Waals surface area contributed by atoms with E-state index in [1.165, 1.54) is 0 Å². The first-order valence-electron chi connectivity index (χ1n) is 3.05. The predicted molar refractivity (Wildman–Crippen MR) is 33.7 cm³/mol. The van der Waals surface area contributed by atoms with Gasteiger partial charge in [0.05, 0.1) is 6.61 Å². The predicted octanol–water partition coefficient (Wildman–Crippen LogP) is -2.45. The number of hydrogen-bond donors (Lipinski definition) is 5. The van der Waals surface area contributed by atoms with Crippen molar-refractivity contribution in [1.82, 2.24) is 0 Å². The Bertz CT molecular complexity index is 97.0. The average Bonchev–Trinajstić information content (AvgIpc) is 2.02. The minimum absolute atomic E-state index is 0.516. The van der Waals surface area contributed by atoms with E-state index in [0.717, 1.165) is 0 Å². The van der Waals surface area contributed by atoms with Gasteiger partial charge < -0.3 is 20.4 Å². The molecule has 0 radical (unpaired) electrons. The maximum Gasteiger partial charge on any atom is 0.110 e. The fraction of sp³-hybridized carbons (Fsp3) is 1.00. The van der Waals surface area contributed by atoms with Crippen LogP contribution in [0.2, 0.25) is 0 Å². The molecule has 5 N–H and O–H groups in total. The van der Waals surface area contributed by atoms with E-state index in [-0.39, 0.29) is 0 Å². The highest BCUT2D eigenvalue weighted by molar-refractivity contribution is 4.73. The normalized spacial score (nSPS) is 19.4. The number of hydrogen-bond acceptors (Lipinski definition) is 6. The molecule has 0 bridgehead atoms. The van der Waals surface area contributed by atoms with Crippen LogP contribution in [0.4, 0.5) is 0 Å². The highest BCUT2D eigenvalue weighted by atomic mass is 17.1. The highest BCUT2D eigenvalue weighted by Crippen LogP contribution is 1.99. The molecular formula is C5H12O6. The van der Waals surface area contributed by atoms with Crippen LogP contribution in [-0.4, -0.2) is 57.2 Å². The number of aliphatic hydroxyl groups is 4. The minimum Gasteiger partial charge on any atom is -0.394 e. The van der Waals surface area contributed by atoms with E-state index in [2.05, 4.69) is 4.89 Å². The molecule has 0 rings (SSSR count). The van der Waals surface area contributed by atoms with E-state index in [1.54, 1.807) is 0 Å².